The number of thioether (sulfide) groups is 1. The highest BCUT2D eigenvalue weighted by Crippen LogP contribution is 2.33. The molecule has 2 aliphatic heterocycles. The van der Waals surface area contributed by atoms with Gasteiger partial charge in [0, 0.05) is 13.6 Å². The third kappa shape index (κ3) is 2.68. The highest BCUT2D eigenvalue weighted by molar-refractivity contribution is 7.99. The first kappa shape index (κ1) is 16.8. The van der Waals surface area contributed by atoms with E-state index >= 15 is 0 Å². The number of fused-ring (bicyclic) bond motifs is 2. The second kappa shape index (κ2) is 6.56. The second-order valence-electron chi connectivity index (χ2n) is 6.25. The fraction of sp³-hybridized carbons (Fsp3) is 0.353. The Balaban J connectivity index is 1.67. The molecule has 0 radical (unpaired) electrons. The molecule has 0 aliphatic carbocycles. The van der Waals surface area contributed by atoms with Crippen LogP contribution in [0.25, 0.3) is 0 Å². The molecule has 1 aromatic carbocycles. The predicted octanol–water partition coefficient (Wildman–Crippen LogP) is 1.09. The van der Waals surface area contributed by atoms with Crippen LogP contribution in [-0.2, 0) is 16.6 Å². The number of hydrogen-bond acceptors (Lipinski definition) is 6. The number of amides is 3. The number of carbonyl (C=O) groups excluding carboxylic acids is 3. The van der Waals surface area contributed by atoms with Crippen LogP contribution in [0.5, 0.6) is 0 Å². The zero-order valence-electron chi connectivity index (χ0n) is 14.2. The maximum absolute atomic E-state index is 13.1. The number of rotatable bonds is 3. The zero-order chi connectivity index (χ0) is 18.3. The lowest BCUT2D eigenvalue weighted by Gasteiger charge is -2.24. The van der Waals surface area contributed by atoms with Crippen LogP contribution >= 0.6 is 11.8 Å². The van der Waals surface area contributed by atoms with E-state index in [4.69, 9.17) is 0 Å². The van der Waals surface area contributed by atoms with Gasteiger partial charge in [0.15, 0.2) is 5.16 Å². The average molecular weight is 371 g/mol. The second-order valence-corrected chi connectivity index (χ2v) is 7.20. The van der Waals surface area contributed by atoms with Gasteiger partial charge in [-0.2, -0.15) is 0 Å². The summed E-state index contributed by atoms with van der Waals surface area (Å²) < 4.78 is 1.71. The fourth-order valence-corrected chi connectivity index (χ4v) is 4.13. The normalized spacial score (nSPS) is 19.3. The van der Waals surface area contributed by atoms with Gasteiger partial charge in [-0.1, -0.05) is 23.9 Å². The lowest BCUT2D eigenvalue weighted by molar-refractivity contribution is -0.127. The summed E-state index contributed by atoms with van der Waals surface area (Å²) in [7, 11) is 1.79. The molecule has 8 nitrogen and oxygen atoms in total. The van der Waals surface area contributed by atoms with Crippen molar-refractivity contribution in [1.29, 1.82) is 0 Å². The summed E-state index contributed by atoms with van der Waals surface area (Å²) in [5.41, 5.74) is 0.753. The molecule has 3 heterocycles. The highest BCUT2D eigenvalue weighted by Gasteiger charge is 2.43. The Bertz CT molecular complexity index is 896. The maximum atomic E-state index is 13.1. The minimum Gasteiger partial charge on any atom is -0.327 e. The fourth-order valence-electron chi connectivity index (χ4n) is 3.39. The number of aryl methyl sites for hydroxylation is 1. The summed E-state index contributed by atoms with van der Waals surface area (Å²) in [5, 5.41) is 8.31. The van der Waals surface area contributed by atoms with Crippen LogP contribution in [0, 0.1) is 0 Å². The molecule has 1 atom stereocenters. The van der Waals surface area contributed by atoms with Crippen LogP contribution in [0.15, 0.2) is 35.7 Å². The van der Waals surface area contributed by atoms with E-state index in [1.165, 1.54) is 16.7 Å². The van der Waals surface area contributed by atoms with E-state index in [0.29, 0.717) is 29.4 Å². The number of nitrogens with zero attached hydrogens (tertiary/aromatic N) is 5. The topological polar surface area (TPSA) is 88.4 Å². The molecule has 1 fully saturated rings. The Kier molecular flexibility index (Phi) is 4.23. The lowest BCUT2D eigenvalue weighted by atomic mass is 10.1. The van der Waals surface area contributed by atoms with Crippen molar-refractivity contribution in [2.45, 2.75) is 24.0 Å². The van der Waals surface area contributed by atoms with Crippen LogP contribution in [0.3, 0.4) is 0 Å². The van der Waals surface area contributed by atoms with Crippen LogP contribution < -0.4 is 4.90 Å². The summed E-state index contributed by atoms with van der Waals surface area (Å²) in [6, 6.07) is 6.22. The first-order valence-electron chi connectivity index (χ1n) is 8.31. The van der Waals surface area contributed by atoms with Gasteiger partial charge in [0.2, 0.25) is 5.91 Å². The van der Waals surface area contributed by atoms with Gasteiger partial charge in [0.05, 0.1) is 17.0 Å². The molecule has 3 amide bonds. The largest absolute Gasteiger partial charge is 0.327 e. The Morgan fingerprint density at radius 1 is 1.31 bits per heavy atom. The first-order valence-corrected chi connectivity index (χ1v) is 9.30. The van der Waals surface area contributed by atoms with E-state index in [1.807, 2.05) is 0 Å². The minimum atomic E-state index is -0.571. The monoisotopic (exact) mass is 371 g/mol. The average Bonchev–Trinajstić information content (AvgIpc) is 3.27. The standard InChI is InChI=1S/C17H17N5O3S/c1-20-10-18-19-17(20)26-9-14(23)22-12-6-3-2-5-11(12)15(24)21-8-4-7-13(21)16(22)25/h2-3,5-6,10,13H,4,7-9H2,1H3. The number of carbonyl (C=O) groups is 3. The highest BCUT2D eigenvalue weighted by atomic mass is 32.2. The van der Waals surface area contributed by atoms with Crippen molar-refractivity contribution in [3.05, 3.63) is 36.2 Å². The van der Waals surface area contributed by atoms with Crippen molar-refractivity contribution in [3.8, 4) is 0 Å². The predicted molar refractivity (Wildman–Crippen MR) is 94.7 cm³/mol. The van der Waals surface area contributed by atoms with Gasteiger partial charge in [0.25, 0.3) is 11.8 Å². The van der Waals surface area contributed by atoms with E-state index in [9.17, 15) is 14.4 Å². The maximum Gasteiger partial charge on any atom is 0.256 e. The number of anilines is 1. The Morgan fingerprint density at radius 2 is 2.12 bits per heavy atom. The molecular formula is C17H17N5O3S. The number of imide groups is 1. The van der Waals surface area contributed by atoms with E-state index in [2.05, 4.69) is 10.2 Å². The molecular weight excluding hydrogens is 354 g/mol. The van der Waals surface area contributed by atoms with Crippen LogP contribution in [0.1, 0.15) is 23.2 Å². The molecule has 0 bridgehead atoms. The summed E-state index contributed by atoms with van der Waals surface area (Å²) in [4.78, 5) is 41.6. The van der Waals surface area contributed by atoms with Crippen molar-refractivity contribution in [3.63, 3.8) is 0 Å². The Morgan fingerprint density at radius 3 is 2.88 bits per heavy atom. The van der Waals surface area contributed by atoms with Crippen molar-refractivity contribution in [2.75, 3.05) is 17.2 Å². The number of para-hydroxylation sites is 1. The molecule has 0 saturated carbocycles. The quantitative estimate of drug-likeness (QED) is 0.751. The van der Waals surface area contributed by atoms with Gasteiger partial charge >= 0.3 is 0 Å². The van der Waals surface area contributed by atoms with Crippen molar-refractivity contribution >= 4 is 35.2 Å². The van der Waals surface area contributed by atoms with Crippen LogP contribution in [0.2, 0.25) is 0 Å². The smallest absolute Gasteiger partial charge is 0.256 e. The van der Waals surface area contributed by atoms with Crippen LogP contribution in [-0.4, -0.2) is 55.7 Å². The van der Waals surface area contributed by atoms with Gasteiger partial charge in [-0.25, -0.2) is 4.90 Å². The molecule has 4 rings (SSSR count). The molecule has 1 saturated heterocycles. The van der Waals surface area contributed by atoms with Crippen LogP contribution in [0.4, 0.5) is 5.69 Å². The summed E-state index contributed by atoms with van der Waals surface area (Å²) in [6.07, 6.45) is 2.90. The van der Waals surface area contributed by atoms with E-state index in [1.54, 1.807) is 47.1 Å². The van der Waals surface area contributed by atoms with E-state index in [-0.39, 0.29) is 23.5 Å². The van der Waals surface area contributed by atoms with E-state index in [0.717, 1.165) is 6.42 Å². The first-order chi connectivity index (χ1) is 12.6. The molecule has 0 N–H and O–H groups in total. The van der Waals surface area contributed by atoms with Gasteiger partial charge in [-0.3, -0.25) is 14.4 Å². The molecule has 2 aliphatic rings. The van der Waals surface area contributed by atoms with Gasteiger partial charge in [-0.05, 0) is 25.0 Å². The number of benzene rings is 1. The van der Waals surface area contributed by atoms with Crippen molar-refractivity contribution in [2.24, 2.45) is 7.05 Å². The van der Waals surface area contributed by atoms with Gasteiger partial charge in [0.1, 0.15) is 12.4 Å². The molecule has 1 unspecified atom stereocenters. The molecule has 26 heavy (non-hydrogen) atoms. The van der Waals surface area contributed by atoms with Gasteiger partial charge < -0.3 is 9.47 Å². The number of aromatic nitrogens is 3. The molecule has 0 spiro atoms. The molecule has 9 heteroatoms. The third-order valence-electron chi connectivity index (χ3n) is 4.64. The zero-order valence-corrected chi connectivity index (χ0v) is 15.0. The van der Waals surface area contributed by atoms with E-state index < -0.39 is 6.04 Å². The molecule has 2 aromatic rings. The third-order valence-corrected chi connectivity index (χ3v) is 5.66. The summed E-state index contributed by atoms with van der Waals surface area (Å²) in [6.45, 7) is 0.541. The van der Waals surface area contributed by atoms with Crippen molar-refractivity contribution < 1.29 is 14.4 Å². The number of hydrogen-bond donors (Lipinski definition) is 0. The van der Waals surface area contributed by atoms with Gasteiger partial charge in [-0.15, -0.1) is 10.2 Å². The summed E-state index contributed by atoms with van der Waals surface area (Å²) in [5.74, 6) is -0.845. The Hall–Kier alpha value is -2.68. The molecule has 1 aromatic heterocycles. The van der Waals surface area contributed by atoms with Crippen molar-refractivity contribution in [1.82, 2.24) is 19.7 Å². The summed E-state index contributed by atoms with van der Waals surface area (Å²) >= 11 is 1.21. The SMILES string of the molecule is Cn1cnnc1SCC(=O)N1C(=O)C2CCCN2C(=O)c2ccccc21. The lowest BCUT2D eigenvalue weighted by Crippen LogP contribution is -2.47. The molecule has 134 valence electrons. The minimum absolute atomic E-state index is 0.0352. The Labute approximate surface area is 154 Å².